The maximum Gasteiger partial charge on any atom is 0.0741 e. The Labute approximate surface area is 110 Å². The minimum atomic E-state index is 1.12. The second kappa shape index (κ2) is 3.95. The number of hydrogen-bond donors (Lipinski definition) is 0. The van der Waals surface area contributed by atoms with E-state index in [0.717, 1.165) is 16.6 Å². The van der Waals surface area contributed by atoms with Crippen molar-refractivity contribution in [2.45, 2.75) is 0 Å². The van der Waals surface area contributed by atoms with Crippen LogP contribution in [-0.4, -0.2) is 9.78 Å². The maximum absolute atomic E-state index is 4.53. The highest BCUT2D eigenvalue weighted by molar-refractivity contribution is 5.92. The normalized spacial score (nSPS) is 11.2. The van der Waals surface area contributed by atoms with E-state index in [9.17, 15) is 0 Å². The molecule has 0 aliphatic carbocycles. The van der Waals surface area contributed by atoms with Crippen LogP contribution in [0.15, 0.2) is 72.9 Å². The van der Waals surface area contributed by atoms with Crippen molar-refractivity contribution in [1.29, 1.82) is 0 Å². The zero-order valence-electron chi connectivity index (χ0n) is 10.3. The molecule has 0 aliphatic heterocycles. The number of para-hydroxylation sites is 1. The molecule has 2 nitrogen and oxygen atoms in total. The van der Waals surface area contributed by atoms with Crippen molar-refractivity contribution in [2.75, 3.05) is 0 Å². The van der Waals surface area contributed by atoms with Crippen LogP contribution in [-0.2, 0) is 0 Å². The summed E-state index contributed by atoms with van der Waals surface area (Å²) in [7, 11) is 0. The quantitative estimate of drug-likeness (QED) is 0.491. The third-order valence-corrected chi connectivity index (χ3v) is 3.47. The van der Waals surface area contributed by atoms with Crippen LogP contribution in [0.5, 0.6) is 0 Å². The Morgan fingerprint density at radius 1 is 0.684 bits per heavy atom. The second-order valence-corrected chi connectivity index (χ2v) is 4.61. The summed E-state index contributed by atoms with van der Waals surface area (Å²) in [5.74, 6) is 0. The molecule has 0 amide bonds. The van der Waals surface area contributed by atoms with Gasteiger partial charge in [0.05, 0.1) is 17.4 Å². The minimum Gasteiger partial charge on any atom is -0.232 e. The molecule has 1 aromatic heterocycles. The molecule has 0 bridgehead atoms. The molecule has 0 saturated carbocycles. The Morgan fingerprint density at radius 2 is 1.42 bits per heavy atom. The predicted octanol–water partition coefficient (Wildman–Crippen LogP) is 4.18. The number of benzene rings is 3. The van der Waals surface area contributed by atoms with Gasteiger partial charge in [-0.05, 0) is 17.5 Å². The van der Waals surface area contributed by atoms with Crippen LogP contribution in [0.3, 0.4) is 0 Å². The molecule has 0 N–H and O–H groups in total. The molecule has 0 aliphatic rings. The summed E-state index contributed by atoms with van der Waals surface area (Å²) in [5.41, 5.74) is 2.26. The van der Waals surface area contributed by atoms with E-state index in [1.54, 1.807) is 0 Å². The molecule has 0 unspecified atom stereocenters. The molecule has 4 aromatic rings. The summed E-state index contributed by atoms with van der Waals surface area (Å²) in [6, 6.07) is 23.0. The van der Waals surface area contributed by atoms with Crippen LogP contribution in [0, 0.1) is 0 Å². The van der Waals surface area contributed by atoms with Crippen molar-refractivity contribution >= 4 is 21.7 Å². The lowest BCUT2D eigenvalue weighted by molar-refractivity contribution is 0.918. The van der Waals surface area contributed by atoms with Crippen molar-refractivity contribution in [3.8, 4) is 5.69 Å². The van der Waals surface area contributed by atoms with Gasteiger partial charge in [-0.1, -0.05) is 54.6 Å². The van der Waals surface area contributed by atoms with Crippen LogP contribution >= 0.6 is 0 Å². The van der Waals surface area contributed by atoms with Gasteiger partial charge in [0.25, 0.3) is 0 Å². The van der Waals surface area contributed by atoms with Crippen LogP contribution in [0.25, 0.3) is 27.4 Å². The molecule has 0 atom stereocenters. The van der Waals surface area contributed by atoms with Crippen molar-refractivity contribution in [3.63, 3.8) is 0 Å². The highest BCUT2D eigenvalue weighted by Gasteiger charge is 2.06. The zero-order chi connectivity index (χ0) is 12.7. The lowest BCUT2D eigenvalue weighted by Crippen LogP contribution is -1.96. The van der Waals surface area contributed by atoms with Crippen molar-refractivity contribution < 1.29 is 0 Å². The van der Waals surface area contributed by atoms with E-state index in [0.29, 0.717) is 0 Å². The smallest absolute Gasteiger partial charge is 0.0741 e. The Hall–Kier alpha value is -2.61. The molecule has 90 valence electrons. The van der Waals surface area contributed by atoms with Gasteiger partial charge in [0.15, 0.2) is 0 Å². The topological polar surface area (TPSA) is 17.8 Å². The molecule has 1 heterocycles. The van der Waals surface area contributed by atoms with E-state index in [-0.39, 0.29) is 0 Å². The van der Waals surface area contributed by atoms with Gasteiger partial charge >= 0.3 is 0 Å². The number of nitrogens with zero attached hydrogens (tertiary/aromatic N) is 2. The summed E-state index contributed by atoms with van der Waals surface area (Å²) in [6.45, 7) is 0. The van der Waals surface area contributed by atoms with Gasteiger partial charge < -0.3 is 0 Å². The zero-order valence-corrected chi connectivity index (χ0v) is 10.3. The van der Waals surface area contributed by atoms with Gasteiger partial charge in [0.1, 0.15) is 0 Å². The predicted molar refractivity (Wildman–Crippen MR) is 78.6 cm³/mol. The fourth-order valence-corrected chi connectivity index (χ4v) is 2.56. The Kier molecular flexibility index (Phi) is 2.15. The summed E-state index contributed by atoms with van der Waals surface area (Å²) >= 11 is 0. The first-order chi connectivity index (χ1) is 9.43. The largest absolute Gasteiger partial charge is 0.232 e. The van der Waals surface area contributed by atoms with E-state index in [4.69, 9.17) is 0 Å². The Morgan fingerprint density at radius 3 is 2.37 bits per heavy atom. The van der Waals surface area contributed by atoms with Gasteiger partial charge in [-0.25, -0.2) is 4.68 Å². The van der Waals surface area contributed by atoms with Crippen LogP contribution < -0.4 is 0 Å². The van der Waals surface area contributed by atoms with Crippen LogP contribution in [0.2, 0.25) is 0 Å². The molecule has 0 saturated heterocycles. The molecular weight excluding hydrogens is 232 g/mol. The molecule has 2 heteroatoms. The number of fused-ring (bicyclic) bond motifs is 2. The Bertz CT molecular complexity index is 869. The van der Waals surface area contributed by atoms with Gasteiger partial charge in [0, 0.05) is 10.8 Å². The Balaban J connectivity index is 2.10. The van der Waals surface area contributed by atoms with Crippen LogP contribution in [0.4, 0.5) is 0 Å². The molecule has 0 radical (unpaired) electrons. The van der Waals surface area contributed by atoms with Crippen molar-refractivity contribution in [3.05, 3.63) is 72.9 Å². The van der Waals surface area contributed by atoms with E-state index >= 15 is 0 Å². The van der Waals surface area contributed by atoms with Gasteiger partial charge in [-0.3, -0.25) is 0 Å². The monoisotopic (exact) mass is 244 g/mol. The molecule has 0 spiro atoms. The fraction of sp³-hybridized carbons (Fsp3) is 0. The van der Waals surface area contributed by atoms with E-state index in [1.165, 1.54) is 10.8 Å². The average molecular weight is 244 g/mol. The van der Waals surface area contributed by atoms with E-state index in [1.807, 2.05) is 23.0 Å². The maximum atomic E-state index is 4.53. The number of hydrogen-bond acceptors (Lipinski definition) is 1. The molecule has 0 fully saturated rings. The van der Waals surface area contributed by atoms with Gasteiger partial charge in [0.2, 0.25) is 0 Å². The second-order valence-electron chi connectivity index (χ2n) is 4.61. The first-order valence-electron chi connectivity index (χ1n) is 6.34. The lowest BCUT2D eigenvalue weighted by atomic mass is 10.1. The average Bonchev–Trinajstić information content (AvgIpc) is 2.90. The summed E-state index contributed by atoms with van der Waals surface area (Å²) in [4.78, 5) is 0. The molecule has 19 heavy (non-hydrogen) atoms. The van der Waals surface area contributed by atoms with Crippen LogP contribution in [0.1, 0.15) is 0 Å². The number of aromatic nitrogens is 2. The highest BCUT2D eigenvalue weighted by Crippen LogP contribution is 2.25. The lowest BCUT2D eigenvalue weighted by Gasteiger charge is -2.07. The first-order valence-corrected chi connectivity index (χ1v) is 6.34. The van der Waals surface area contributed by atoms with Gasteiger partial charge in [-0.2, -0.15) is 5.10 Å². The summed E-state index contributed by atoms with van der Waals surface area (Å²) in [5, 5.41) is 8.15. The van der Waals surface area contributed by atoms with E-state index < -0.39 is 0 Å². The number of rotatable bonds is 1. The van der Waals surface area contributed by atoms with Crippen molar-refractivity contribution in [1.82, 2.24) is 9.78 Å². The first kappa shape index (κ1) is 10.3. The van der Waals surface area contributed by atoms with Crippen molar-refractivity contribution in [2.24, 2.45) is 0 Å². The highest BCUT2D eigenvalue weighted by atomic mass is 15.3. The van der Waals surface area contributed by atoms with Gasteiger partial charge in [-0.15, -0.1) is 0 Å². The summed E-state index contributed by atoms with van der Waals surface area (Å²) in [6.07, 6.45) is 1.91. The molecule has 4 rings (SSSR count). The standard InChI is InChI=1S/C17H12N2/c1-3-9-15-13(6-1)8-5-11-17(15)19-16-10-4-2-7-14(16)12-18-19/h1-12H. The minimum absolute atomic E-state index is 1.12. The SMILES string of the molecule is c1ccc2c(-n3ncc4ccccc43)cccc2c1. The van der Waals surface area contributed by atoms with E-state index in [2.05, 4.69) is 59.7 Å². The summed E-state index contributed by atoms with van der Waals surface area (Å²) < 4.78 is 2.01. The molecular formula is C17H12N2. The molecule has 3 aromatic carbocycles. The third kappa shape index (κ3) is 1.54. The third-order valence-electron chi connectivity index (χ3n) is 3.47. The fourth-order valence-electron chi connectivity index (χ4n) is 2.56.